The Morgan fingerprint density at radius 2 is 1.79 bits per heavy atom. The van der Waals surface area contributed by atoms with Crippen molar-refractivity contribution in [1.29, 1.82) is 0 Å². The van der Waals surface area contributed by atoms with Gasteiger partial charge in [-0.15, -0.1) is 24.8 Å². The SMILES string of the molecule is Cl.Cl.c1cc2cc(-c3ccc(OC4[C@H]5CC6C[C@H]4CN(C6)C5)cn3)ccc2[nH]1. The summed E-state index contributed by atoms with van der Waals surface area (Å²) in [7, 11) is 0. The van der Waals surface area contributed by atoms with Gasteiger partial charge in [0.2, 0.25) is 0 Å². The van der Waals surface area contributed by atoms with Crippen LogP contribution in [0.5, 0.6) is 5.75 Å². The number of pyridine rings is 1. The molecule has 1 aliphatic carbocycles. The Morgan fingerprint density at radius 1 is 0.964 bits per heavy atom. The van der Waals surface area contributed by atoms with Crippen LogP contribution in [0.3, 0.4) is 0 Å². The maximum atomic E-state index is 6.45. The zero-order chi connectivity index (χ0) is 17.1. The van der Waals surface area contributed by atoms with Crippen LogP contribution in [0.4, 0.5) is 0 Å². The van der Waals surface area contributed by atoms with Gasteiger partial charge in [0, 0.05) is 54.1 Å². The molecule has 3 saturated heterocycles. The van der Waals surface area contributed by atoms with Gasteiger partial charge < -0.3 is 14.6 Å². The van der Waals surface area contributed by atoms with Gasteiger partial charge in [-0.25, -0.2) is 0 Å². The van der Waals surface area contributed by atoms with Crippen molar-refractivity contribution in [2.75, 3.05) is 19.6 Å². The van der Waals surface area contributed by atoms with Gasteiger partial charge in [-0.05, 0) is 49.1 Å². The molecule has 2 atom stereocenters. The van der Waals surface area contributed by atoms with Crippen molar-refractivity contribution in [2.45, 2.75) is 18.9 Å². The Labute approximate surface area is 177 Å². The molecule has 4 fully saturated rings. The van der Waals surface area contributed by atoms with E-state index in [1.807, 2.05) is 12.4 Å². The van der Waals surface area contributed by atoms with Gasteiger partial charge in [0.1, 0.15) is 11.9 Å². The van der Waals surface area contributed by atoms with E-state index in [2.05, 4.69) is 51.3 Å². The molecule has 0 amide bonds. The zero-order valence-electron chi connectivity index (χ0n) is 15.6. The van der Waals surface area contributed by atoms with Crippen LogP contribution in [0.1, 0.15) is 12.8 Å². The first-order valence-corrected chi connectivity index (χ1v) is 9.74. The first-order chi connectivity index (χ1) is 12.8. The highest BCUT2D eigenvalue weighted by Gasteiger charge is 2.48. The molecule has 5 heterocycles. The minimum atomic E-state index is 0. The molecule has 7 rings (SSSR count). The number of aromatic amines is 1. The fourth-order valence-corrected chi connectivity index (χ4v) is 5.55. The second-order valence-electron chi connectivity index (χ2n) is 8.32. The molecule has 0 spiro atoms. The number of nitrogens with zero attached hydrogens (tertiary/aromatic N) is 2. The lowest BCUT2D eigenvalue weighted by atomic mass is 9.66. The van der Waals surface area contributed by atoms with Crippen molar-refractivity contribution in [2.24, 2.45) is 17.8 Å². The Morgan fingerprint density at radius 3 is 2.50 bits per heavy atom. The first kappa shape index (κ1) is 19.6. The summed E-state index contributed by atoms with van der Waals surface area (Å²) in [5, 5.41) is 1.22. The van der Waals surface area contributed by atoms with Crippen molar-refractivity contribution in [3.8, 4) is 17.0 Å². The quantitative estimate of drug-likeness (QED) is 0.665. The third-order valence-electron chi connectivity index (χ3n) is 6.56. The number of ether oxygens (including phenoxy) is 1. The van der Waals surface area contributed by atoms with E-state index in [1.165, 1.54) is 37.9 Å². The molecular weight excluding hydrogens is 393 g/mol. The molecule has 4 bridgehead atoms. The van der Waals surface area contributed by atoms with Crippen LogP contribution in [-0.2, 0) is 0 Å². The molecule has 1 aromatic carbocycles. The van der Waals surface area contributed by atoms with Gasteiger partial charge in [-0.1, -0.05) is 6.07 Å². The van der Waals surface area contributed by atoms with Crippen LogP contribution in [0, 0.1) is 17.8 Å². The van der Waals surface area contributed by atoms with Crippen molar-refractivity contribution < 1.29 is 4.74 Å². The number of halogens is 2. The maximum Gasteiger partial charge on any atom is 0.138 e. The average molecular weight is 418 g/mol. The van der Waals surface area contributed by atoms with Crippen molar-refractivity contribution in [1.82, 2.24) is 14.9 Å². The molecule has 1 saturated carbocycles. The summed E-state index contributed by atoms with van der Waals surface area (Å²) in [4.78, 5) is 10.6. The molecule has 3 aliphatic heterocycles. The first-order valence-electron chi connectivity index (χ1n) is 9.74. The second-order valence-corrected chi connectivity index (χ2v) is 8.32. The maximum absolute atomic E-state index is 6.45. The Bertz CT molecular complexity index is 928. The monoisotopic (exact) mass is 417 g/mol. The normalized spacial score (nSPS) is 29.9. The van der Waals surface area contributed by atoms with Crippen LogP contribution in [0.15, 0.2) is 48.8 Å². The molecule has 0 unspecified atom stereocenters. The van der Waals surface area contributed by atoms with Gasteiger partial charge in [0.05, 0.1) is 11.9 Å². The number of rotatable bonds is 3. The fourth-order valence-electron chi connectivity index (χ4n) is 5.55. The number of H-pyrrole nitrogens is 1. The topological polar surface area (TPSA) is 41.1 Å². The number of benzene rings is 1. The van der Waals surface area contributed by atoms with Crippen LogP contribution in [0.25, 0.3) is 22.2 Å². The van der Waals surface area contributed by atoms with Crippen molar-refractivity contribution in [3.63, 3.8) is 0 Å². The summed E-state index contributed by atoms with van der Waals surface area (Å²) < 4.78 is 6.45. The van der Waals surface area contributed by atoms with Gasteiger partial charge in [0.25, 0.3) is 0 Å². The molecule has 2 aromatic heterocycles. The number of nitrogens with one attached hydrogen (secondary N) is 1. The average Bonchev–Trinajstić information content (AvgIpc) is 3.12. The molecule has 1 N–H and O–H groups in total. The van der Waals surface area contributed by atoms with Gasteiger partial charge in [0.15, 0.2) is 0 Å². The molecule has 3 aromatic rings. The van der Waals surface area contributed by atoms with E-state index in [4.69, 9.17) is 4.74 Å². The van der Waals surface area contributed by atoms with Crippen molar-refractivity contribution in [3.05, 3.63) is 48.8 Å². The third-order valence-corrected chi connectivity index (χ3v) is 6.56. The Balaban J connectivity index is 0.000000961. The van der Waals surface area contributed by atoms with E-state index in [0.717, 1.165) is 28.4 Å². The van der Waals surface area contributed by atoms with Crippen LogP contribution in [0.2, 0.25) is 0 Å². The Hall–Kier alpha value is -1.75. The number of piperidine rings is 3. The van der Waals surface area contributed by atoms with E-state index in [9.17, 15) is 0 Å². The fraction of sp³-hybridized carbons (Fsp3) is 0.409. The zero-order valence-corrected chi connectivity index (χ0v) is 17.2. The van der Waals surface area contributed by atoms with Crippen molar-refractivity contribution >= 4 is 35.7 Å². The van der Waals surface area contributed by atoms with E-state index >= 15 is 0 Å². The number of aromatic nitrogens is 2. The lowest BCUT2D eigenvalue weighted by molar-refractivity contribution is -0.0985. The highest BCUT2D eigenvalue weighted by atomic mass is 35.5. The number of hydrogen-bond donors (Lipinski definition) is 1. The van der Waals surface area contributed by atoms with Crippen LogP contribution < -0.4 is 4.74 Å². The van der Waals surface area contributed by atoms with Crippen LogP contribution in [-0.4, -0.2) is 40.6 Å². The minimum absolute atomic E-state index is 0. The number of hydrogen-bond acceptors (Lipinski definition) is 3. The summed E-state index contributed by atoms with van der Waals surface area (Å²) in [6.45, 7) is 3.77. The summed E-state index contributed by atoms with van der Waals surface area (Å²) in [6, 6.07) is 12.7. The van der Waals surface area contributed by atoms with Gasteiger partial charge in [-0.2, -0.15) is 0 Å². The molecule has 4 nitrogen and oxygen atoms in total. The number of fused-ring (bicyclic) bond motifs is 1. The van der Waals surface area contributed by atoms with E-state index < -0.39 is 0 Å². The summed E-state index contributed by atoms with van der Waals surface area (Å²) in [6.07, 6.45) is 6.95. The smallest absolute Gasteiger partial charge is 0.138 e. The predicted octanol–water partition coefficient (Wildman–Crippen LogP) is 4.79. The summed E-state index contributed by atoms with van der Waals surface area (Å²) in [5.74, 6) is 3.24. The van der Waals surface area contributed by atoms with E-state index in [1.54, 1.807) is 0 Å². The standard InChI is InChI=1S/C22H23N3O.2ClH/c1-3-20-16(5-6-23-20)9-15(1)21-4-2-19(10-24-21)26-22-17-7-14-8-18(22)13-25(11-14)12-17;;/h1-6,9-10,14,17-18,22-23H,7-8,11-13H2;2*1H/t14?,17-,18-,22?;;/m0../s1. The molecule has 6 heteroatoms. The highest BCUT2D eigenvalue weighted by Crippen LogP contribution is 2.44. The molecule has 4 aliphatic rings. The lowest BCUT2D eigenvalue weighted by Gasteiger charge is -2.55. The van der Waals surface area contributed by atoms with Crippen LogP contribution >= 0.6 is 24.8 Å². The van der Waals surface area contributed by atoms with E-state index in [0.29, 0.717) is 17.9 Å². The molecule has 0 radical (unpaired) electrons. The molecule has 28 heavy (non-hydrogen) atoms. The minimum Gasteiger partial charge on any atom is -0.488 e. The van der Waals surface area contributed by atoms with Gasteiger partial charge in [-0.3, -0.25) is 4.98 Å². The molecular formula is C22H25Cl2N3O. The lowest BCUT2D eigenvalue weighted by Crippen LogP contribution is -2.61. The largest absolute Gasteiger partial charge is 0.488 e. The Kier molecular flexibility index (Phi) is 5.30. The summed E-state index contributed by atoms with van der Waals surface area (Å²) >= 11 is 0. The van der Waals surface area contributed by atoms with Gasteiger partial charge >= 0.3 is 0 Å². The second kappa shape index (κ2) is 7.58. The highest BCUT2D eigenvalue weighted by molar-refractivity contribution is 5.86. The summed E-state index contributed by atoms with van der Waals surface area (Å²) in [5.41, 5.74) is 3.30. The third kappa shape index (κ3) is 3.28. The molecule has 148 valence electrons. The predicted molar refractivity (Wildman–Crippen MR) is 117 cm³/mol. The van der Waals surface area contributed by atoms with E-state index in [-0.39, 0.29) is 24.8 Å².